The summed E-state index contributed by atoms with van der Waals surface area (Å²) >= 11 is 0. The Hall–Kier alpha value is -3.03. The number of nitrogens with zero attached hydrogens (tertiary/aromatic N) is 1. The quantitative estimate of drug-likeness (QED) is 0.818. The summed E-state index contributed by atoms with van der Waals surface area (Å²) in [7, 11) is 0. The maximum Gasteiger partial charge on any atom is 0.325 e. The van der Waals surface area contributed by atoms with E-state index in [1.807, 2.05) is 0 Å². The van der Waals surface area contributed by atoms with Gasteiger partial charge in [0.15, 0.2) is 23.9 Å². The second-order valence-corrected chi connectivity index (χ2v) is 4.39. The summed E-state index contributed by atoms with van der Waals surface area (Å²) in [6.45, 7) is -0.144. The number of carbonyl (C=O) groups is 2. The molecule has 1 aliphatic heterocycles. The van der Waals surface area contributed by atoms with Crippen LogP contribution in [0.15, 0.2) is 35.0 Å². The topological polar surface area (TPSA) is 99.9 Å². The Kier molecular flexibility index (Phi) is 3.90. The van der Waals surface area contributed by atoms with Crippen molar-refractivity contribution in [3.05, 3.63) is 41.8 Å². The zero-order chi connectivity index (χ0) is 15.4. The zero-order valence-electron chi connectivity index (χ0n) is 11.4. The van der Waals surface area contributed by atoms with Crippen LogP contribution in [0.2, 0.25) is 0 Å². The summed E-state index contributed by atoms with van der Waals surface area (Å²) < 4.78 is 20.0. The van der Waals surface area contributed by atoms with Crippen molar-refractivity contribution in [3.63, 3.8) is 0 Å². The third-order valence-corrected chi connectivity index (χ3v) is 2.89. The molecule has 114 valence electrons. The van der Waals surface area contributed by atoms with E-state index in [9.17, 15) is 9.59 Å². The monoisotopic (exact) mass is 304 g/mol. The standard InChI is InChI=1S/C14H12N2O6/c17-13(19-7-10-3-4-16-22-10)6-15-14(18)9-1-2-11-12(5-9)21-8-20-11/h1-5H,6-8H2,(H,15,18). The van der Waals surface area contributed by atoms with Crippen molar-refractivity contribution in [1.29, 1.82) is 0 Å². The molecule has 2 heterocycles. The summed E-state index contributed by atoms with van der Waals surface area (Å²) in [5.41, 5.74) is 0.368. The van der Waals surface area contributed by atoms with Crippen LogP contribution in [-0.4, -0.2) is 30.4 Å². The van der Waals surface area contributed by atoms with E-state index in [1.165, 1.54) is 6.20 Å². The fourth-order valence-electron chi connectivity index (χ4n) is 1.81. The molecule has 1 aromatic carbocycles. The Morgan fingerprint density at radius 2 is 2.09 bits per heavy atom. The first-order chi connectivity index (χ1) is 10.7. The van der Waals surface area contributed by atoms with Crippen LogP contribution in [0.4, 0.5) is 0 Å². The van der Waals surface area contributed by atoms with Crippen molar-refractivity contribution < 1.29 is 28.3 Å². The minimum Gasteiger partial charge on any atom is -0.456 e. The highest BCUT2D eigenvalue weighted by Gasteiger charge is 2.16. The summed E-state index contributed by atoms with van der Waals surface area (Å²) in [6.07, 6.45) is 1.45. The molecule has 0 saturated carbocycles. The lowest BCUT2D eigenvalue weighted by Crippen LogP contribution is -2.30. The average molecular weight is 304 g/mol. The largest absolute Gasteiger partial charge is 0.456 e. The maximum absolute atomic E-state index is 11.9. The van der Waals surface area contributed by atoms with E-state index >= 15 is 0 Å². The summed E-state index contributed by atoms with van der Waals surface area (Å²) in [4.78, 5) is 23.5. The minimum absolute atomic E-state index is 0.0290. The number of rotatable bonds is 5. The molecule has 0 bridgehead atoms. The Morgan fingerprint density at radius 3 is 2.91 bits per heavy atom. The fourth-order valence-corrected chi connectivity index (χ4v) is 1.81. The van der Waals surface area contributed by atoms with E-state index in [1.54, 1.807) is 24.3 Å². The normalized spacial score (nSPS) is 12.0. The number of ether oxygens (including phenoxy) is 3. The molecule has 0 unspecified atom stereocenters. The summed E-state index contributed by atoms with van der Waals surface area (Å²) in [6, 6.07) is 6.36. The molecule has 1 amide bonds. The molecule has 1 N–H and O–H groups in total. The lowest BCUT2D eigenvalue weighted by molar-refractivity contribution is -0.144. The van der Waals surface area contributed by atoms with Crippen molar-refractivity contribution in [1.82, 2.24) is 10.5 Å². The highest BCUT2D eigenvalue weighted by molar-refractivity contribution is 5.96. The molecule has 1 aliphatic rings. The van der Waals surface area contributed by atoms with Gasteiger partial charge in [-0.1, -0.05) is 5.16 Å². The van der Waals surface area contributed by atoms with Crippen LogP contribution in [0.1, 0.15) is 16.1 Å². The van der Waals surface area contributed by atoms with E-state index < -0.39 is 11.9 Å². The van der Waals surface area contributed by atoms with E-state index in [0.29, 0.717) is 22.8 Å². The molecule has 0 radical (unpaired) electrons. The van der Waals surface area contributed by atoms with E-state index in [0.717, 1.165) is 0 Å². The molecule has 3 rings (SSSR count). The van der Waals surface area contributed by atoms with Crippen molar-refractivity contribution in [3.8, 4) is 11.5 Å². The second-order valence-electron chi connectivity index (χ2n) is 4.39. The number of aromatic nitrogens is 1. The average Bonchev–Trinajstić information content (AvgIpc) is 3.20. The van der Waals surface area contributed by atoms with E-state index in [-0.39, 0.29) is 19.9 Å². The van der Waals surface area contributed by atoms with Crippen molar-refractivity contribution >= 4 is 11.9 Å². The van der Waals surface area contributed by atoms with Gasteiger partial charge in [0.2, 0.25) is 6.79 Å². The number of hydrogen-bond acceptors (Lipinski definition) is 7. The van der Waals surface area contributed by atoms with Crippen LogP contribution in [0.25, 0.3) is 0 Å². The molecule has 0 fully saturated rings. The summed E-state index contributed by atoms with van der Waals surface area (Å²) in [5, 5.41) is 5.95. The van der Waals surface area contributed by atoms with Crippen molar-refractivity contribution in [2.75, 3.05) is 13.3 Å². The minimum atomic E-state index is -0.578. The number of fused-ring (bicyclic) bond motifs is 1. The molecule has 1 aromatic heterocycles. The molecule has 8 nitrogen and oxygen atoms in total. The number of amides is 1. The SMILES string of the molecule is O=C(CNC(=O)c1ccc2c(c1)OCO2)OCc1ccno1. The zero-order valence-corrected chi connectivity index (χ0v) is 11.4. The number of benzene rings is 1. The van der Waals surface area contributed by atoms with Crippen LogP contribution in [0.3, 0.4) is 0 Å². The van der Waals surface area contributed by atoms with E-state index in [2.05, 4.69) is 10.5 Å². The maximum atomic E-state index is 11.9. The molecule has 0 spiro atoms. The predicted octanol–water partition coefficient (Wildman–Crippen LogP) is 0.877. The van der Waals surface area contributed by atoms with Crippen LogP contribution in [0, 0.1) is 0 Å². The van der Waals surface area contributed by atoms with Gasteiger partial charge in [0, 0.05) is 11.6 Å². The molecule has 8 heteroatoms. The van der Waals surface area contributed by atoms with Gasteiger partial charge in [-0.05, 0) is 18.2 Å². The first kappa shape index (κ1) is 13.9. The molecule has 2 aromatic rings. The number of nitrogens with one attached hydrogen (secondary N) is 1. The second kappa shape index (κ2) is 6.17. The van der Waals surface area contributed by atoms with Gasteiger partial charge < -0.3 is 24.1 Å². The van der Waals surface area contributed by atoms with Gasteiger partial charge >= 0.3 is 5.97 Å². The lowest BCUT2D eigenvalue weighted by atomic mass is 10.2. The Morgan fingerprint density at radius 1 is 1.23 bits per heavy atom. The fraction of sp³-hybridized carbons (Fsp3) is 0.214. The van der Waals surface area contributed by atoms with Gasteiger partial charge in [0.25, 0.3) is 5.91 Å². The Bertz CT molecular complexity index is 683. The van der Waals surface area contributed by atoms with Gasteiger partial charge in [-0.15, -0.1) is 0 Å². The van der Waals surface area contributed by atoms with Crippen LogP contribution in [0.5, 0.6) is 11.5 Å². The molecular weight excluding hydrogens is 292 g/mol. The van der Waals surface area contributed by atoms with Crippen LogP contribution < -0.4 is 14.8 Å². The Balaban J connectivity index is 1.48. The molecule has 0 atom stereocenters. The first-order valence-corrected chi connectivity index (χ1v) is 6.45. The predicted molar refractivity (Wildman–Crippen MR) is 71.2 cm³/mol. The highest BCUT2D eigenvalue weighted by Crippen LogP contribution is 2.32. The number of carbonyl (C=O) groups excluding carboxylic acids is 2. The van der Waals surface area contributed by atoms with Gasteiger partial charge in [-0.3, -0.25) is 9.59 Å². The molecule has 0 saturated heterocycles. The van der Waals surface area contributed by atoms with Crippen LogP contribution >= 0.6 is 0 Å². The Labute approximate surface area is 124 Å². The van der Waals surface area contributed by atoms with Crippen LogP contribution in [-0.2, 0) is 16.1 Å². The summed E-state index contributed by atoms with van der Waals surface area (Å²) in [5.74, 6) is 0.527. The van der Waals surface area contributed by atoms with Gasteiger partial charge in [-0.2, -0.15) is 0 Å². The highest BCUT2D eigenvalue weighted by atomic mass is 16.7. The molecule has 0 aliphatic carbocycles. The third kappa shape index (κ3) is 3.17. The third-order valence-electron chi connectivity index (χ3n) is 2.89. The van der Waals surface area contributed by atoms with Crippen molar-refractivity contribution in [2.45, 2.75) is 6.61 Å². The smallest absolute Gasteiger partial charge is 0.325 e. The van der Waals surface area contributed by atoms with Gasteiger partial charge in [0.05, 0.1) is 6.20 Å². The molecule has 22 heavy (non-hydrogen) atoms. The first-order valence-electron chi connectivity index (χ1n) is 6.45. The van der Waals surface area contributed by atoms with Gasteiger partial charge in [0.1, 0.15) is 6.54 Å². The van der Waals surface area contributed by atoms with E-state index in [4.69, 9.17) is 18.7 Å². The lowest BCUT2D eigenvalue weighted by Gasteiger charge is -2.06. The van der Waals surface area contributed by atoms with Gasteiger partial charge in [-0.25, -0.2) is 0 Å². The van der Waals surface area contributed by atoms with Crippen molar-refractivity contribution in [2.24, 2.45) is 0 Å². The number of hydrogen-bond donors (Lipinski definition) is 1. The molecular formula is C14H12N2O6. The number of esters is 1.